The number of non-ortho nitro benzene ring substituents is 1. The maximum Gasteiger partial charge on any atom is 0.287 e. The van der Waals surface area contributed by atoms with Crippen LogP contribution in [0.15, 0.2) is 59.0 Å². The van der Waals surface area contributed by atoms with E-state index in [2.05, 4.69) is 19.2 Å². The van der Waals surface area contributed by atoms with Crippen LogP contribution in [-0.2, 0) is 6.61 Å². The first-order valence-electron chi connectivity index (χ1n) is 10.9. The number of carbonyl (C=O) groups is 1. The molecule has 0 saturated carbocycles. The van der Waals surface area contributed by atoms with Crippen molar-refractivity contribution >= 4 is 11.6 Å². The number of carbonyl (C=O) groups excluding carboxylic acids is 1. The van der Waals surface area contributed by atoms with Crippen molar-refractivity contribution in [3.8, 4) is 5.75 Å². The molecule has 3 aromatic rings. The summed E-state index contributed by atoms with van der Waals surface area (Å²) in [6.45, 7) is 5.72. The van der Waals surface area contributed by atoms with E-state index in [0.717, 1.165) is 16.9 Å². The number of nitro benzene ring substituents is 1. The molecule has 0 aliphatic heterocycles. The molecule has 0 spiro atoms. The number of hydrogen-bond acceptors (Lipinski definition) is 7. The molecule has 3 rings (SSSR count). The molecule has 1 amide bonds. The fraction of sp³-hybridized carbons (Fsp3) is 0.320. The minimum atomic E-state index is -1.27. The van der Waals surface area contributed by atoms with Crippen molar-refractivity contribution in [1.82, 2.24) is 5.32 Å². The number of hydrogen-bond donors (Lipinski definition) is 3. The highest BCUT2D eigenvalue weighted by Gasteiger charge is 2.24. The Morgan fingerprint density at radius 3 is 2.47 bits per heavy atom. The van der Waals surface area contributed by atoms with Crippen LogP contribution < -0.4 is 10.1 Å². The van der Waals surface area contributed by atoms with Crippen LogP contribution in [0.4, 0.5) is 5.69 Å². The van der Waals surface area contributed by atoms with Gasteiger partial charge in [0.1, 0.15) is 24.2 Å². The Labute approximate surface area is 197 Å². The zero-order valence-corrected chi connectivity index (χ0v) is 19.2. The van der Waals surface area contributed by atoms with Crippen LogP contribution >= 0.6 is 0 Å². The molecule has 2 aromatic carbocycles. The highest BCUT2D eigenvalue weighted by Crippen LogP contribution is 2.28. The minimum Gasteiger partial charge on any atom is -0.485 e. The van der Waals surface area contributed by atoms with Crippen LogP contribution in [0.3, 0.4) is 0 Å². The van der Waals surface area contributed by atoms with Gasteiger partial charge < -0.3 is 24.7 Å². The summed E-state index contributed by atoms with van der Waals surface area (Å²) < 4.78 is 11.5. The summed E-state index contributed by atoms with van der Waals surface area (Å²) in [7, 11) is 0. The second-order valence-electron chi connectivity index (χ2n) is 8.31. The Balaban J connectivity index is 1.64. The van der Waals surface area contributed by atoms with Crippen LogP contribution in [0, 0.1) is 17.0 Å². The Hall–Kier alpha value is -3.69. The van der Waals surface area contributed by atoms with E-state index >= 15 is 0 Å². The van der Waals surface area contributed by atoms with E-state index in [9.17, 15) is 25.1 Å². The summed E-state index contributed by atoms with van der Waals surface area (Å²) in [4.78, 5) is 22.8. The Bertz CT molecular complexity index is 1140. The summed E-state index contributed by atoms with van der Waals surface area (Å²) in [5, 5.41) is 33.5. The molecule has 0 radical (unpaired) electrons. The monoisotopic (exact) mass is 468 g/mol. The number of aryl methyl sites for hydroxylation is 1. The largest absolute Gasteiger partial charge is 0.485 e. The molecule has 2 atom stereocenters. The lowest BCUT2D eigenvalue weighted by Gasteiger charge is -2.22. The average molecular weight is 469 g/mol. The smallest absolute Gasteiger partial charge is 0.287 e. The van der Waals surface area contributed by atoms with E-state index in [1.807, 2.05) is 25.1 Å². The van der Waals surface area contributed by atoms with Gasteiger partial charge in [-0.25, -0.2) is 0 Å². The zero-order valence-electron chi connectivity index (χ0n) is 19.2. The molecule has 9 heteroatoms. The lowest BCUT2D eigenvalue weighted by molar-refractivity contribution is -0.384. The third kappa shape index (κ3) is 6.00. The molecule has 0 saturated heterocycles. The number of nitro groups is 1. The number of nitrogens with zero attached hydrogens (tertiary/aromatic N) is 1. The highest BCUT2D eigenvalue weighted by molar-refractivity contribution is 5.91. The Morgan fingerprint density at radius 2 is 1.85 bits per heavy atom. The number of amides is 1. The van der Waals surface area contributed by atoms with Gasteiger partial charge in [0.2, 0.25) is 0 Å². The van der Waals surface area contributed by atoms with Crippen LogP contribution in [-0.4, -0.2) is 33.7 Å². The quantitative estimate of drug-likeness (QED) is 0.302. The fourth-order valence-corrected chi connectivity index (χ4v) is 3.46. The number of ether oxygens (including phenoxy) is 1. The molecule has 0 aliphatic rings. The van der Waals surface area contributed by atoms with Crippen molar-refractivity contribution in [2.75, 3.05) is 6.61 Å². The standard InChI is InChI=1S/C25H28N2O7/c1-15(2)20-10-4-16(3)12-23(20)33-14-19-9-11-22(34-19)25(30)26-21(13-28)24(29)17-5-7-18(8-6-17)27(31)32/h4-12,15,21,24,28-29H,13-14H2,1-3H3,(H,26,30). The van der Waals surface area contributed by atoms with Crippen LogP contribution in [0.1, 0.15) is 58.9 Å². The van der Waals surface area contributed by atoms with Gasteiger partial charge in [0.25, 0.3) is 11.6 Å². The lowest BCUT2D eigenvalue weighted by atomic mass is 10.0. The number of aliphatic hydroxyl groups excluding tert-OH is 2. The second kappa shape index (κ2) is 11.0. The molecule has 0 aliphatic carbocycles. The van der Waals surface area contributed by atoms with Crippen LogP contribution in [0.25, 0.3) is 0 Å². The highest BCUT2D eigenvalue weighted by atomic mass is 16.6. The number of benzene rings is 2. The molecule has 3 N–H and O–H groups in total. The summed E-state index contributed by atoms with van der Waals surface area (Å²) in [6, 6.07) is 13.3. The van der Waals surface area contributed by atoms with E-state index in [-0.39, 0.29) is 24.0 Å². The average Bonchev–Trinajstić information content (AvgIpc) is 3.30. The molecule has 180 valence electrons. The molecule has 1 aromatic heterocycles. The predicted octanol–water partition coefficient (Wildman–Crippen LogP) is 4.02. The van der Waals surface area contributed by atoms with Gasteiger partial charge in [-0.3, -0.25) is 14.9 Å². The third-order valence-corrected chi connectivity index (χ3v) is 5.39. The van der Waals surface area contributed by atoms with Crippen molar-refractivity contribution in [3.63, 3.8) is 0 Å². The summed E-state index contributed by atoms with van der Waals surface area (Å²) >= 11 is 0. The van der Waals surface area contributed by atoms with Crippen molar-refractivity contribution < 1.29 is 29.1 Å². The van der Waals surface area contributed by atoms with Gasteiger partial charge >= 0.3 is 0 Å². The minimum absolute atomic E-state index is 0.00118. The van der Waals surface area contributed by atoms with E-state index in [0.29, 0.717) is 11.3 Å². The van der Waals surface area contributed by atoms with Gasteiger partial charge in [-0.2, -0.15) is 0 Å². The zero-order chi connectivity index (χ0) is 24.8. The molecular formula is C25H28N2O7. The van der Waals surface area contributed by atoms with E-state index < -0.39 is 29.6 Å². The van der Waals surface area contributed by atoms with Crippen molar-refractivity contribution in [1.29, 1.82) is 0 Å². The second-order valence-corrected chi connectivity index (χ2v) is 8.31. The first kappa shape index (κ1) is 24.9. The van der Waals surface area contributed by atoms with E-state index in [4.69, 9.17) is 9.15 Å². The van der Waals surface area contributed by atoms with Gasteiger partial charge in [-0.05, 0) is 59.9 Å². The molecule has 9 nitrogen and oxygen atoms in total. The topological polar surface area (TPSA) is 135 Å². The first-order valence-corrected chi connectivity index (χ1v) is 10.9. The molecular weight excluding hydrogens is 440 g/mol. The maximum absolute atomic E-state index is 12.6. The number of aliphatic hydroxyl groups is 2. The van der Waals surface area contributed by atoms with E-state index in [1.165, 1.54) is 30.3 Å². The van der Waals surface area contributed by atoms with Gasteiger partial charge in [-0.15, -0.1) is 0 Å². The van der Waals surface area contributed by atoms with Crippen molar-refractivity contribution in [2.45, 2.75) is 45.4 Å². The summed E-state index contributed by atoms with van der Waals surface area (Å²) in [5.74, 6) is 0.860. The molecule has 2 unspecified atom stereocenters. The van der Waals surface area contributed by atoms with Crippen LogP contribution in [0.5, 0.6) is 5.75 Å². The summed E-state index contributed by atoms with van der Waals surface area (Å²) in [6.07, 6.45) is -1.27. The van der Waals surface area contributed by atoms with E-state index in [1.54, 1.807) is 6.07 Å². The lowest BCUT2D eigenvalue weighted by Crippen LogP contribution is -2.41. The normalized spacial score (nSPS) is 12.9. The number of furan rings is 1. The van der Waals surface area contributed by atoms with Gasteiger partial charge in [0.15, 0.2) is 5.76 Å². The molecule has 1 heterocycles. The Morgan fingerprint density at radius 1 is 1.15 bits per heavy atom. The predicted molar refractivity (Wildman–Crippen MR) is 125 cm³/mol. The Kier molecular flexibility index (Phi) is 8.04. The van der Waals surface area contributed by atoms with Crippen molar-refractivity contribution in [3.05, 3.63) is 92.9 Å². The number of nitrogens with one attached hydrogen (secondary N) is 1. The van der Waals surface area contributed by atoms with Gasteiger partial charge in [-0.1, -0.05) is 26.0 Å². The molecule has 0 fully saturated rings. The molecule has 0 bridgehead atoms. The van der Waals surface area contributed by atoms with Crippen molar-refractivity contribution in [2.24, 2.45) is 0 Å². The van der Waals surface area contributed by atoms with Gasteiger partial charge in [0.05, 0.1) is 17.6 Å². The SMILES string of the molecule is Cc1ccc(C(C)C)c(OCc2ccc(C(=O)NC(CO)C(O)c3ccc([N+](=O)[O-])cc3)o2)c1. The van der Waals surface area contributed by atoms with Crippen LogP contribution in [0.2, 0.25) is 0 Å². The third-order valence-electron chi connectivity index (χ3n) is 5.39. The van der Waals surface area contributed by atoms with Gasteiger partial charge in [0, 0.05) is 12.1 Å². The fourth-order valence-electron chi connectivity index (χ4n) is 3.46. The first-order chi connectivity index (χ1) is 16.2. The maximum atomic E-state index is 12.6. The number of rotatable bonds is 10. The summed E-state index contributed by atoms with van der Waals surface area (Å²) in [5.41, 5.74) is 2.33. The molecule has 34 heavy (non-hydrogen) atoms.